The van der Waals surface area contributed by atoms with Gasteiger partial charge < -0.3 is 15.4 Å². The number of nitrogens with zero attached hydrogens (tertiary/aromatic N) is 1. The minimum Gasteiger partial charge on any atom is -0.379 e. The second-order valence-corrected chi connectivity index (χ2v) is 5.64. The van der Waals surface area contributed by atoms with E-state index in [0.29, 0.717) is 6.54 Å². The smallest absolute Gasteiger partial charge is 0.242 e. The summed E-state index contributed by atoms with van der Waals surface area (Å²) in [6.45, 7) is 5.14. The number of aryl methyl sites for hydroxylation is 1. The minimum atomic E-state index is -0.107. The van der Waals surface area contributed by atoms with Crippen LogP contribution >= 0.6 is 0 Å². The van der Waals surface area contributed by atoms with E-state index in [1.807, 2.05) is 18.2 Å². The molecule has 1 aromatic carbocycles. The van der Waals surface area contributed by atoms with Gasteiger partial charge in [-0.2, -0.15) is 0 Å². The van der Waals surface area contributed by atoms with Crippen molar-refractivity contribution in [2.75, 3.05) is 44.7 Å². The number of hydrogen-bond donors (Lipinski definition) is 2. The molecule has 2 N–H and O–H groups in total. The van der Waals surface area contributed by atoms with E-state index in [1.165, 1.54) is 5.56 Å². The molecule has 0 saturated carbocycles. The van der Waals surface area contributed by atoms with E-state index in [2.05, 4.69) is 21.6 Å². The standard InChI is InChI=1S/C16H23N3O2/c20-16(17-7-8-19-9-11-21-12-10-19)15-6-5-13-3-1-2-4-14(13)18-15/h1-4,15,18H,5-12H2,(H,17,20). The summed E-state index contributed by atoms with van der Waals surface area (Å²) < 4.78 is 5.32. The second-order valence-electron chi connectivity index (χ2n) is 5.64. The van der Waals surface area contributed by atoms with Crippen LogP contribution in [0, 0.1) is 0 Å². The SMILES string of the molecule is O=C(NCCN1CCOCC1)C1CCc2ccccc2N1. The molecule has 3 rings (SSSR count). The number of para-hydroxylation sites is 1. The van der Waals surface area contributed by atoms with Gasteiger partial charge in [0.25, 0.3) is 0 Å². The fourth-order valence-electron chi connectivity index (χ4n) is 2.92. The summed E-state index contributed by atoms with van der Waals surface area (Å²) in [5.74, 6) is 0.109. The first kappa shape index (κ1) is 14.4. The van der Waals surface area contributed by atoms with Crippen LogP contribution in [-0.4, -0.2) is 56.2 Å². The molecule has 2 heterocycles. The molecule has 0 radical (unpaired) electrons. The third kappa shape index (κ3) is 3.74. The summed E-state index contributed by atoms with van der Waals surface area (Å²) in [5.41, 5.74) is 2.40. The first-order valence-electron chi connectivity index (χ1n) is 7.75. The maximum atomic E-state index is 12.2. The Morgan fingerprint density at radius 2 is 2.14 bits per heavy atom. The van der Waals surface area contributed by atoms with Gasteiger partial charge in [-0.3, -0.25) is 9.69 Å². The molecule has 1 aromatic rings. The zero-order chi connectivity index (χ0) is 14.5. The molecular weight excluding hydrogens is 266 g/mol. The van der Waals surface area contributed by atoms with Crippen molar-refractivity contribution in [2.24, 2.45) is 0 Å². The van der Waals surface area contributed by atoms with Crippen molar-refractivity contribution in [2.45, 2.75) is 18.9 Å². The first-order valence-corrected chi connectivity index (χ1v) is 7.75. The number of amides is 1. The molecule has 114 valence electrons. The fourth-order valence-corrected chi connectivity index (χ4v) is 2.92. The molecule has 1 amide bonds. The Hall–Kier alpha value is -1.59. The molecule has 5 heteroatoms. The Morgan fingerprint density at radius 1 is 1.33 bits per heavy atom. The highest BCUT2D eigenvalue weighted by molar-refractivity contribution is 5.85. The highest BCUT2D eigenvalue weighted by Gasteiger charge is 2.23. The molecule has 1 fully saturated rings. The molecule has 0 aromatic heterocycles. The lowest BCUT2D eigenvalue weighted by Gasteiger charge is -2.28. The van der Waals surface area contributed by atoms with Crippen molar-refractivity contribution >= 4 is 11.6 Å². The topological polar surface area (TPSA) is 53.6 Å². The molecule has 0 spiro atoms. The van der Waals surface area contributed by atoms with E-state index < -0.39 is 0 Å². The van der Waals surface area contributed by atoms with E-state index in [0.717, 1.165) is 51.4 Å². The van der Waals surface area contributed by atoms with Crippen LogP contribution < -0.4 is 10.6 Å². The summed E-state index contributed by atoms with van der Waals surface area (Å²) in [5, 5.41) is 6.39. The average molecular weight is 289 g/mol. The van der Waals surface area contributed by atoms with Crippen molar-refractivity contribution in [1.82, 2.24) is 10.2 Å². The summed E-state index contributed by atoms with van der Waals surface area (Å²) >= 11 is 0. The van der Waals surface area contributed by atoms with Gasteiger partial charge in [-0.05, 0) is 24.5 Å². The molecule has 1 unspecified atom stereocenters. The lowest BCUT2D eigenvalue weighted by Crippen LogP contribution is -2.46. The van der Waals surface area contributed by atoms with Gasteiger partial charge in [-0.1, -0.05) is 18.2 Å². The van der Waals surface area contributed by atoms with Crippen molar-refractivity contribution in [1.29, 1.82) is 0 Å². The van der Waals surface area contributed by atoms with Crippen molar-refractivity contribution < 1.29 is 9.53 Å². The maximum Gasteiger partial charge on any atom is 0.242 e. The van der Waals surface area contributed by atoms with Gasteiger partial charge in [0, 0.05) is 31.9 Å². The fraction of sp³-hybridized carbons (Fsp3) is 0.562. The molecular formula is C16H23N3O2. The molecule has 1 saturated heterocycles. The lowest BCUT2D eigenvalue weighted by molar-refractivity contribution is -0.122. The van der Waals surface area contributed by atoms with Crippen molar-refractivity contribution in [3.05, 3.63) is 29.8 Å². The van der Waals surface area contributed by atoms with Gasteiger partial charge >= 0.3 is 0 Å². The van der Waals surface area contributed by atoms with Crippen LogP contribution in [0.15, 0.2) is 24.3 Å². The molecule has 1 atom stereocenters. The summed E-state index contributed by atoms with van der Waals surface area (Å²) in [6.07, 6.45) is 1.82. The Kier molecular flexibility index (Phi) is 4.72. The molecule has 21 heavy (non-hydrogen) atoms. The highest BCUT2D eigenvalue weighted by Crippen LogP contribution is 2.24. The normalized spacial score (nSPS) is 22.2. The van der Waals surface area contributed by atoms with Crippen LogP contribution in [0.3, 0.4) is 0 Å². The minimum absolute atomic E-state index is 0.107. The Bertz CT molecular complexity index is 486. The molecule has 2 aliphatic rings. The van der Waals surface area contributed by atoms with Crippen molar-refractivity contribution in [3.8, 4) is 0 Å². The molecule has 2 aliphatic heterocycles. The first-order chi connectivity index (χ1) is 10.3. The van der Waals surface area contributed by atoms with Crippen LogP contribution in [-0.2, 0) is 16.0 Å². The van der Waals surface area contributed by atoms with E-state index in [-0.39, 0.29) is 11.9 Å². The van der Waals surface area contributed by atoms with Gasteiger partial charge in [0.05, 0.1) is 13.2 Å². The number of anilines is 1. The number of nitrogens with one attached hydrogen (secondary N) is 2. The number of carbonyl (C=O) groups is 1. The highest BCUT2D eigenvalue weighted by atomic mass is 16.5. The number of benzene rings is 1. The number of carbonyl (C=O) groups excluding carboxylic acids is 1. The predicted molar refractivity (Wildman–Crippen MR) is 82.4 cm³/mol. The molecule has 0 aliphatic carbocycles. The van der Waals surface area contributed by atoms with Gasteiger partial charge in [-0.25, -0.2) is 0 Å². The second kappa shape index (κ2) is 6.91. The quantitative estimate of drug-likeness (QED) is 0.863. The zero-order valence-electron chi connectivity index (χ0n) is 12.3. The number of morpholine rings is 1. The van der Waals surface area contributed by atoms with E-state index in [9.17, 15) is 4.79 Å². The summed E-state index contributed by atoms with van der Waals surface area (Å²) in [6, 6.07) is 8.11. The van der Waals surface area contributed by atoms with Gasteiger partial charge in [-0.15, -0.1) is 0 Å². The van der Waals surface area contributed by atoms with Crippen LogP contribution in [0.2, 0.25) is 0 Å². The average Bonchev–Trinajstić information content (AvgIpc) is 2.55. The maximum absolute atomic E-state index is 12.2. The van der Waals surface area contributed by atoms with Gasteiger partial charge in [0.15, 0.2) is 0 Å². The third-order valence-electron chi connectivity index (χ3n) is 4.20. The molecule has 0 bridgehead atoms. The van der Waals surface area contributed by atoms with E-state index in [1.54, 1.807) is 0 Å². The van der Waals surface area contributed by atoms with Crippen molar-refractivity contribution in [3.63, 3.8) is 0 Å². The Labute approximate surface area is 125 Å². The zero-order valence-corrected chi connectivity index (χ0v) is 12.3. The van der Waals surface area contributed by atoms with Crippen LogP contribution in [0.25, 0.3) is 0 Å². The Balaban J connectivity index is 1.44. The molecule has 5 nitrogen and oxygen atoms in total. The van der Waals surface area contributed by atoms with Crippen LogP contribution in [0.4, 0.5) is 5.69 Å². The summed E-state index contributed by atoms with van der Waals surface area (Å²) in [4.78, 5) is 14.6. The number of hydrogen-bond acceptors (Lipinski definition) is 4. The van der Waals surface area contributed by atoms with Gasteiger partial charge in [0.1, 0.15) is 6.04 Å². The monoisotopic (exact) mass is 289 g/mol. The number of fused-ring (bicyclic) bond motifs is 1. The lowest BCUT2D eigenvalue weighted by atomic mass is 9.98. The van der Waals surface area contributed by atoms with Gasteiger partial charge in [0.2, 0.25) is 5.91 Å². The third-order valence-corrected chi connectivity index (χ3v) is 4.20. The van der Waals surface area contributed by atoms with Crippen LogP contribution in [0.5, 0.6) is 0 Å². The number of rotatable bonds is 4. The predicted octanol–water partition coefficient (Wildman–Crippen LogP) is 0.862. The van der Waals surface area contributed by atoms with E-state index in [4.69, 9.17) is 4.74 Å². The Morgan fingerprint density at radius 3 is 3.00 bits per heavy atom. The van der Waals surface area contributed by atoms with Crippen LogP contribution in [0.1, 0.15) is 12.0 Å². The van der Waals surface area contributed by atoms with E-state index >= 15 is 0 Å². The summed E-state index contributed by atoms with van der Waals surface area (Å²) in [7, 11) is 0. The number of ether oxygens (including phenoxy) is 1. The largest absolute Gasteiger partial charge is 0.379 e.